The maximum atomic E-state index is 10.8. The number of halogens is 2. The number of rotatable bonds is 0. The van der Waals surface area contributed by atoms with E-state index in [9.17, 15) is 8.78 Å². The lowest BCUT2D eigenvalue weighted by atomic mass is 10.4. The minimum atomic E-state index is -3.00. The van der Waals surface area contributed by atoms with E-state index >= 15 is 0 Å². The number of hydrogen-bond donors (Lipinski definition) is 1. The molecule has 1 rings (SSSR count). The van der Waals surface area contributed by atoms with Crippen LogP contribution < -0.4 is 5.73 Å². The first-order chi connectivity index (χ1) is 5.00. The van der Waals surface area contributed by atoms with E-state index in [2.05, 4.69) is 5.73 Å². The van der Waals surface area contributed by atoms with Crippen LogP contribution in [0.3, 0.4) is 0 Å². The summed E-state index contributed by atoms with van der Waals surface area (Å²) in [6, 6.07) is 9.00. The van der Waals surface area contributed by atoms with E-state index in [-0.39, 0.29) is 0 Å². The third-order valence-electron chi connectivity index (χ3n) is 0.667. The molecule has 0 radical (unpaired) electrons. The highest BCUT2D eigenvalue weighted by Crippen LogP contribution is 1.97. The van der Waals surface area contributed by atoms with Crippen LogP contribution in [-0.2, 0) is 0 Å². The molecule has 0 saturated heterocycles. The molecule has 0 bridgehead atoms. The van der Waals surface area contributed by atoms with Crippen molar-refractivity contribution in [2.24, 2.45) is 5.73 Å². The second kappa shape index (κ2) is 4.79. The maximum Gasteiger partial charge on any atom is 0.297 e. The number of alkyl halides is 2. The smallest absolute Gasteiger partial charge is 0.272 e. The van der Waals surface area contributed by atoms with Crippen molar-refractivity contribution in [2.75, 3.05) is 0 Å². The average molecular weight is 159 g/mol. The molecule has 0 heterocycles. The van der Waals surface area contributed by atoms with Crippen molar-refractivity contribution in [3.05, 3.63) is 36.4 Å². The predicted octanol–water partition coefficient (Wildman–Crippen LogP) is 2.24. The fraction of sp³-hybridized carbons (Fsp3) is 0.250. The van der Waals surface area contributed by atoms with Crippen LogP contribution in [0, 0.1) is 0 Å². The quantitative estimate of drug-likeness (QED) is 0.577. The van der Waals surface area contributed by atoms with Crippen molar-refractivity contribution < 1.29 is 8.78 Å². The lowest BCUT2D eigenvalue weighted by Crippen LogP contribution is -2.22. The van der Waals surface area contributed by atoms with Gasteiger partial charge >= 0.3 is 0 Å². The second-order valence-electron chi connectivity index (χ2n) is 2.11. The third kappa shape index (κ3) is 17.6. The van der Waals surface area contributed by atoms with Gasteiger partial charge in [0.2, 0.25) is 0 Å². The van der Waals surface area contributed by atoms with Gasteiger partial charge in [0.15, 0.2) is 0 Å². The van der Waals surface area contributed by atoms with Gasteiger partial charge in [-0.15, -0.1) is 0 Å². The lowest BCUT2D eigenvalue weighted by molar-refractivity contribution is 0.0295. The van der Waals surface area contributed by atoms with Crippen LogP contribution in [0.2, 0.25) is 0 Å². The molecule has 0 amide bonds. The fourth-order valence-electron chi connectivity index (χ4n) is 0.385. The maximum absolute atomic E-state index is 10.8. The Morgan fingerprint density at radius 2 is 1.00 bits per heavy atom. The molecule has 0 fully saturated rings. The number of benzene rings is 1. The zero-order chi connectivity index (χ0) is 8.74. The van der Waals surface area contributed by atoms with Crippen LogP contribution in [0.25, 0.3) is 0 Å². The Morgan fingerprint density at radius 3 is 1.09 bits per heavy atom. The molecule has 0 unspecified atom stereocenters. The molecule has 3 heteroatoms. The van der Waals surface area contributed by atoms with Gasteiger partial charge in [-0.3, -0.25) is 5.73 Å². The van der Waals surface area contributed by atoms with Crippen LogP contribution in [-0.4, -0.2) is 6.05 Å². The van der Waals surface area contributed by atoms with Crippen molar-refractivity contribution in [1.29, 1.82) is 0 Å². The molecule has 0 aliphatic rings. The summed E-state index contributed by atoms with van der Waals surface area (Å²) in [5.74, 6) is 0. The summed E-state index contributed by atoms with van der Waals surface area (Å²) in [6.45, 7) is 0.632. The van der Waals surface area contributed by atoms with E-state index in [1.807, 2.05) is 36.4 Å². The van der Waals surface area contributed by atoms with Crippen LogP contribution in [0.15, 0.2) is 36.4 Å². The summed E-state index contributed by atoms with van der Waals surface area (Å²) >= 11 is 0. The van der Waals surface area contributed by atoms with Crippen LogP contribution in [0.5, 0.6) is 0 Å². The molecular formula is C8H11F2N. The monoisotopic (exact) mass is 159 g/mol. The molecular weight excluding hydrogens is 148 g/mol. The zero-order valence-electron chi connectivity index (χ0n) is 6.30. The highest BCUT2D eigenvalue weighted by molar-refractivity contribution is 4.99. The van der Waals surface area contributed by atoms with Crippen LogP contribution in [0.4, 0.5) is 8.78 Å². The van der Waals surface area contributed by atoms with E-state index in [0.29, 0.717) is 6.92 Å². The highest BCUT2D eigenvalue weighted by Gasteiger charge is 2.09. The number of hydrogen-bond acceptors (Lipinski definition) is 1. The summed E-state index contributed by atoms with van der Waals surface area (Å²) in [5.41, 5.74) is 4.02. The van der Waals surface area contributed by atoms with Crippen LogP contribution in [0.1, 0.15) is 6.92 Å². The lowest BCUT2D eigenvalue weighted by Gasteiger charge is -1.95. The standard InChI is InChI=1S/C6H6.C2H5F2N/c1-2-4-6-5-3-1;1-2(3,4)5/h1-6H;5H2,1H3. The summed E-state index contributed by atoms with van der Waals surface area (Å²) in [7, 11) is 0. The topological polar surface area (TPSA) is 26.0 Å². The molecule has 2 N–H and O–H groups in total. The predicted molar refractivity (Wildman–Crippen MR) is 41.3 cm³/mol. The molecule has 0 spiro atoms. The first-order valence-electron chi connectivity index (χ1n) is 3.17. The van der Waals surface area contributed by atoms with E-state index in [1.54, 1.807) is 0 Å². The Labute approximate surface area is 64.8 Å². The Morgan fingerprint density at radius 1 is 0.909 bits per heavy atom. The van der Waals surface area contributed by atoms with Gasteiger partial charge < -0.3 is 0 Å². The van der Waals surface area contributed by atoms with E-state index in [4.69, 9.17) is 0 Å². The van der Waals surface area contributed by atoms with Crippen molar-refractivity contribution >= 4 is 0 Å². The molecule has 0 saturated carbocycles. The van der Waals surface area contributed by atoms with Gasteiger partial charge in [-0.2, -0.15) is 8.78 Å². The molecule has 1 nitrogen and oxygen atoms in total. The van der Waals surface area contributed by atoms with E-state index < -0.39 is 6.05 Å². The van der Waals surface area contributed by atoms with Crippen molar-refractivity contribution in [1.82, 2.24) is 0 Å². The molecule has 0 atom stereocenters. The van der Waals surface area contributed by atoms with Gasteiger partial charge in [0.05, 0.1) is 0 Å². The third-order valence-corrected chi connectivity index (χ3v) is 0.667. The summed E-state index contributed by atoms with van der Waals surface area (Å²) in [4.78, 5) is 0. The van der Waals surface area contributed by atoms with Gasteiger partial charge in [0.25, 0.3) is 6.05 Å². The van der Waals surface area contributed by atoms with E-state index in [0.717, 1.165) is 0 Å². The van der Waals surface area contributed by atoms with Gasteiger partial charge in [-0.25, -0.2) is 0 Å². The largest absolute Gasteiger partial charge is 0.297 e. The molecule has 1 aromatic rings. The molecule has 0 aliphatic carbocycles. The highest BCUT2D eigenvalue weighted by atomic mass is 19.3. The Hall–Kier alpha value is -0.960. The Kier molecular flexibility index (Phi) is 4.38. The average Bonchev–Trinajstić information content (AvgIpc) is 1.88. The normalized spacial score (nSPS) is 9.82. The molecule has 62 valence electrons. The summed E-state index contributed by atoms with van der Waals surface area (Å²) < 4.78 is 21.6. The molecule has 0 aliphatic heterocycles. The molecule has 11 heavy (non-hydrogen) atoms. The first-order valence-corrected chi connectivity index (χ1v) is 3.17. The van der Waals surface area contributed by atoms with Gasteiger partial charge in [0, 0.05) is 6.92 Å². The summed E-state index contributed by atoms with van der Waals surface area (Å²) in [6.07, 6.45) is 0. The van der Waals surface area contributed by atoms with Gasteiger partial charge in [-0.1, -0.05) is 36.4 Å². The summed E-state index contributed by atoms with van der Waals surface area (Å²) in [5, 5.41) is 0. The minimum absolute atomic E-state index is 0.632. The zero-order valence-corrected chi connectivity index (χ0v) is 6.30. The minimum Gasteiger partial charge on any atom is -0.272 e. The second-order valence-corrected chi connectivity index (χ2v) is 2.11. The molecule has 0 aromatic heterocycles. The van der Waals surface area contributed by atoms with Crippen molar-refractivity contribution in [3.63, 3.8) is 0 Å². The van der Waals surface area contributed by atoms with E-state index in [1.165, 1.54) is 0 Å². The Balaban J connectivity index is 0.000000187. The molecule has 1 aromatic carbocycles. The first kappa shape index (κ1) is 10.0. The van der Waals surface area contributed by atoms with Gasteiger partial charge in [0.1, 0.15) is 0 Å². The Bertz CT molecular complexity index is 136. The van der Waals surface area contributed by atoms with Gasteiger partial charge in [-0.05, 0) is 0 Å². The van der Waals surface area contributed by atoms with Crippen LogP contribution >= 0.6 is 0 Å². The fourth-order valence-corrected chi connectivity index (χ4v) is 0.385. The number of nitrogens with two attached hydrogens (primary N) is 1. The van der Waals surface area contributed by atoms with Crippen molar-refractivity contribution in [3.8, 4) is 0 Å². The SMILES string of the molecule is CC(N)(F)F.c1ccccc1. The van der Waals surface area contributed by atoms with Crippen molar-refractivity contribution in [2.45, 2.75) is 13.0 Å².